The molecule has 0 radical (unpaired) electrons. The van der Waals surface area contributed by atoms with E-state index in [-0.39, 0.29) is 30.0 Å². The van der Waals surface area contributed by atoms with Crippen molar-refractivity contribution in [3.63, 3.8) is 0 Å². The van der Waals surface area contributed by atoms with E-state index in [2.05, 4.69) is 53.0 Å². The second-order valence-electron chi connectivity index (χ2n) is 13.5. The smallest absolute Gasteiger partial charge is 0.410 e. The molecule has 0 spiro atoms. The molecular formula is C36H43BrCl2N8O5. The summed E-state index contributed by atoms with van der Waals surface area (Å²) in [4.78, 5) is 55.0. The Balaban J connectivity index is 0.000000217. The van der Waals surface area contributed by atoms with Crippen LogP contribution in [0.5, 0.6) is 0 Å². The topological polar surface area (TPSA) is 142 Å². The van der Waals surface area contributed by atoms with Gasteiger partial charge in [0, 0.05) is 58.1 Å². The number of hydrogen-bond donors (Lipinski definition) is 2. The zero-order valence-electron chi connectivity index (χ0n) is 29.6. The number of rotatable bonds is 6. The molecule has 13 nitrogen and oxygen atoms in total. The van der Waals surface area contributed by atoms with E-state index in [1.807, 2.05) is 45.0 Å². The third-order valence-electron chi connectivity index (χ3n) is 8.73. The van der Waals surface area contributed by atoms with E-state index in [0.717, 1.165) is 23.2 Å². The van der Waals surface area contributed by atoms with Crippen LogP contribution in [0.4, 0.5) is 4.79 Å². The zero-order chi connectivity index (χ0) is 37.6. The highest BCUT2D eigenvalue weighted by molar-refractivity contribution is 9.10. The van der Waals surface area contributed by atoms with Gasteiger partial charge in [0.15, 0.2) is 0 Å². The number of aromatic nitrogens is 3. The van der Waals surface area contributed by atoms with Gasteiger partial charge in [-0.2, -0.15) is 0 Å². The van der Waals surface area contributed by atoms with Crippen molar-refractivity contribution in [2.24, 2.45) is 0 Å². The quantitative estimate of drug-likeness (QED) is 0.249. The van der Waals surface area contributed by atoms with Gasteiger partial charge in [-0.05, 0) is 90.3 Å². The van der Waals surface area contributed by atoms with Gasteiger partial charge in [0.25, 0.3) is 5.91 Å². The molecule has 2 N–H and O–H groups in total. The van der Waals surface area contributed by atoms with E-state index in [9.17, 15) is 14.4 Å². The van der Waals surface area contributed by atoms with Crippen LogP contribution in [0.15, 0.2) is 59.9 Å². The van der Waals surface area contributed by atoms with Crippen molar-refractivity contribution >= 4 is 57.0 Å². The van der Waals surface area contributed by atoms with Crippen LogP contribution >= 0.6 is 39.1 Å². The first-order chi connectivity index (χ1) is 24.7. The van der Waals surface area contributed by atoms with Crippen LogP contribution in [0.3, 0.4) is 0 Å². The fourth-order valence-electron chi connectivity index (χ4n) is 6.12. The summed E-state index contributed by atoms with van der Waals surface area (Å²) >= 11 is 15.7. The fourth-order valence-corrected chi connectivity index (χ4v) is 7.12. The molecule has 3 amide bonds. The summed E-state index contributed by atoms with van der Waals surface area (Å²) < 4.78 is 11.5. The first kappa shape index (κ1) is 39.5. The highest BCUT2D eigenvalue weighted by Crippen LogP contribution is 2.33. The number of hydrogen-bond acceptors (Lipinski definition) is 10. The summed E-state index contributed by atoms with van der Waals surface area (Å²) in [5.41, 5.74) is 3.16. The molecular weight excluding hydrogens is 775 g/mol. The van der Waals surface area contributed by atoms with Gasteiger partial charge in [0.05, 0.1) is 37.0 Å². The summed E-state index contributed by atoms with van der Waals surface area (Å²) in [6, 6.07) is 11.3. The van der Waals surface area contributed by atoms with Crippen molar-refractivity contribution in [2.75, 3.05) is 59.5 Å². The van der Waals surface area contributed by atoms with E-state index in [0.29, 0.717) is 78.3 Å². The number of ether oxygens (including phenoxy) is 2. The third-order valence-corrected chi connectivity index (χ3v) is 9.52. The average Bonchev–Trinajstić information content (AvgIpc) is 3.09. The molecule has 6 heterocycles. The maximum absolute atomic E-state index is 12.3. The van der Waals surface area contributed by atoms with E-state index in [1.165, 1.54) is 6.08 Å². The maximum atomic E-state index is 12.3. The number of amides is 3. The van der Waals surface area contributed by atoms with Gasteiger partial charge in [-0.25, -0.2) is 14.8 Å². The predicted molar refractivity (Wildman–Crippen MR) is 202 cm³/mol. The number of nitrogens with one attached hydrogen (secondary N) is 2. The summed E-state index contributed by atoms with van der Waals surface area (Å²) in [5, 5.41) is 6.73. The Kier molecular flexibility index (Phi) is 13.3. The molecule has 3 saturated heterocycles. The first-order valence-electron chi connectivity index (χ1n) is 16.9. The first-order valence-corrected chi connectivity index (χ1v) is 18.4. The Hall–Kier alpha value is -3.66. The van der Waals surface area contributed by atoms with Crippen LogP contribution < -0.4 is 10.6 Å². The van der Waals surface area contributed by atoms with Crippen molar-refractivity contribution in [1.29, 1.82) is 0 Å². The van der Waals surface area contributed by atoms with Gasteiger partial charge in [-0.15, -0.1) is 0 Å². The Labute approximate surface area is 322 Å². The largest absolute Gasteiger partial charge is 0.444 e. The van der Waals surface area contributed by atoms with E-state index in [1.54, 1.807) is 35.2 Å². The van der Waals surface area contributed by atoms with E-state index < -0.39 is 5.60 Å². The van der Waals surface area contributed by atoms with Crippen molar-refractivity contribution in [3.8, 4) is 11.3 Å². The van der Waals surface area contributed by atoms with Gasteiger partial charge < -0.3 is 29.9 Å². The molecule has 3 fully saturated rings. The molecule has 3 aliphatic rings. The molecule has 2 atom stereocenters. The van der Waals surface area contributed by atoms with Crippen LogP contribution in [0.1, 0.15) is 54.5 Å². The van der Waals surface area contributed by atoms with E-state index >= 15 is 0 Å². The van der Waals surface area contributed by atoms with Gasteiger partial charge in [0.2, 0.25) is 5.91 Å². The van der Waals surface area contributed by atoms with Gasteiger partial charge in [0.1, 0.15) is 26.2 Å². The molecule has 0 bridgehead atoms. The Morgan fingerprint density at radius 3 is 2.40 bits per heavy atom. The Morgan fingerprint density at radius 1 is 1.02 bits per heavy atom. The molecule has 52 heavy (non-hydrogen) atoms. The molecule has 0 saturated carbocycles. The van der Waals surface area contributed by atoms with Crippen molar-refractivity contribution in [2.45, 2.75) is 44.5 Å². The summed E-state index contributed by atoms with van der Waals surface area (Å²) in [7, 11) is 1.56. The molecule has 3 aromatic rings. The molecule has 16 heteroatoms. The second kappa shape index (κ2) is 17.4. The van der Waals surface area contributed by atoms with Crippen LogP contribution in [-0.2, 0) is 14.3 Å². The van der Waals surface area contributed by atoms with Crippen LogP contribution in [-0.4, -0.2) is 119 Å². The number of carbonyl (C=O) groups excluding carboxylic acids is 3. The lowest BCUT2D eigenvalue weighted by Gasteiger charge is -2.47. The lowest BCUT2D eigenvalue weighted by Crippen LogP contribution is -2.58. The predicted octanol–water partition coefficient (Wildman–Crippen LogP) is 5.31. The van der Waals surface area contributed by atoms with Crippen molar-refractivity contribution < 1.29 is 23.9 Å². The number of nitrogens with zero attached hydrogens (tertiary/aromatic N) is 6. The van der Waals surface area contributed by atoms with Gasteiger partial charge in [-0.1, -0.05) is 29.8 Å². The van der Waals surface area contributed by atoms with Gasteiger partial charge in [-0.3, -0.25) is 19.5 Å². The molecule has 278 valence electrons. The molecule has 6 rings (SSSR count). The number of carbonyl (C=O) groups is 3. The van der Waals surface area contributed by atoms with Gasteiger partial charge >= 0.3 is 6.09 Å². The Bertz CT molecular complexity index is 1770. The lowest BCUT2D eigenvalue weighted by molar-refractivity contribution is -0.134. The van der Waals surface area contributed by atoms with Crippen LogP contribution in [0, 0.1) is 0 Å². The standard InChI is InChI=1S/C22H24ClN5O3.C14H19BrClN3O2/c1-3-21(29)27-6-7-28(16-12-31-13-16)19(11-27)15-9-17(26-20(23)10-15)14-4-5-25-18(8-14)22(30)24-2;1-14(2,3)21-13(20)19-5-4-17-10(8-19)9-6-11(15)18-12(16)7-9/h3-5,8-10,16,19H,1,6-7,11-13H2,2H3,(H,24,30);6-7,10,17H,4-5,8H2,1-3H3/t19-;10-/m11/s1. The molecule has 3 aliphatic heterocycles. The lowest BCUT2D eigenvalue weighted by atomic mass is 9.98. The summed E-state index contributed by atoms with van der Waals surface area (Å²) in [6.07, 6.45) is 2.64. The highest BCUT2D eigenvalue weighted by atomic mass is 79.9. The molecule has 0 aliphatic carbocycles. The van der Waals surface area contributed by atoms with E-state index in [4.69, 9.17) is 32.7 Å². The molecule has 3 aromatic heterocycles. The monoisotopic (exact) mass is 816 g/mol. The minimum absolute atomic E-state index is 0.0167. The fraction of sp³-hybridized carbons (Fsp3) is 0.444. The maximum Gasteiger partial charge on any atom is 0.410 e. The average molecular weight is 819 g/mol. The number of halogens is 3. The van der Waals surface area contributed by atoms with Crippen LogP contribution in [0.2, 0.25) is 10.3 Å². The summed E-state index contributed by atoms with van der Waals surface area (Å²) in [6.45, 7) is 14.4. The SMILES string of the molecule is C=CC(=O)N1CCN(C2COC2)[C@@H](c2cc(Cl)nc(-c3ccnc(C(=O)NC)c3)c2)C1.CC(C)(C)OC(=O)N1CCN[C@@H](c2cc(Cl)nc(Br)c2)C1. The number of piperazine rings is 2. The minimum atomic E-state index is -0.486. The highest BCUT2D eigenvalue weighted by Gasteiger charge is 2.37. The zero-order valence-corrected chi connectivity index (χ0v) is 32.7. The number of pyridine rings is 3. The second-order valence-corrected chi connectivity index (χ2v) is 15.1. The minimum Gasteiger partial charge on any atom is -0.444 e. The normalized spacial score (nSPS) is 19.5. The third kappa shape index (κ3) is 10.3. The van der Waals surface area contributed by atoms with Crippen molar-refractivity contribution in [1.82, 2.24) is 40.3 Å². The Morgan fingerprint density at radius 2 is 1.75 bits per heavy atom. The summed E-state index contributed by atoms with van der Waals surface area (Å²) in [5.74, 6) is -0.356. The molecule has 0 unspecified atom stereocenters. The van der Waals surface area contributed by atoms with Crippen molar-refractivity contribution in [3.05, 3.63) is 87.0 Å². The molecule has 0 aromatic carbocycles. The van der Waals surface area contributed by atoms with Crippen LogP contribution in [0.25, 0.3) is 11.3 Å².